The fourth-order valence-corrected chi connectivity index (χ4v) is 3.20. The van der Waals surface area contributed by atoms with Gasteiger partial charge in [0.15, 0.2) is 0 Å². The number of halogens is 1. The Labute approximate surface area is 126 Å². The SMILES string of the molecule is O=[N+]([O-])c1ccc2nc(NCc3cc(Br)cs3)[nH]c2c1. The van der Waals surface area contributed by atoms with Gasteiger partial charge in [-0.25, -0.2) is 4.98 Å². The molecule has 0 spiro atoms. The minimum atomic E-state index is -0.420. The summed E-state index contributed by atoms with van der Waals surface area (Å²) in [4.78, 5) is 18.8. The van der Waals surface area contributed by atoms with E-state index in [0.29, 0.717) is 23.5 Å². The molecule has 0 saturated carbocycles. The number of aromatic amines is 1. The first-order valence-corrected chi connectivity index (χ1v) is 7.40. The Morgan fingerprint density at radius 2 is 2.30 bits per heavy atom. The first kappa shape index (κ1) is 13.1. The zero-order valence-electron chi connectivity index (χ0n) is 10.1. The van der Waals surface area contributed by atoms with Gasteiger partial charge in [0, 0.05) is 26.9 Å². The number of rotatable bonds is 4. The molecule has 102 valence electrons. The lowest BCUT2D eigenvalue weighted by Gasteiger charge is -1.98. The molecule has 8 heteroatoms. The number of nitro benzene ring substituents is 1. The molecule has 20 heavy (non-hydrogen) atoms. The van der Waals surface area contributed by atoms with E-state index >= 15 is 0 Å². The van der Waals surface area contributed by atoms with Crippen molar-refractivity contribution in [1.29, 1.82) is 0 Å². The molecule has 0 radical (unpaired) electrons. The first-order valence-electron chi connectivity index (χ1n) is 5.73. The van der Waals surface area contributed by atoms with Crippen LogP contribution < -0.4 is 5.32 Å². The third-order valence-corrected chi connectivity index (χ3v) is 4.43. The van der Waals surface area contributed by atoms with Crippen LogP contribution in [0.15, 0.2) is 34.1 Å². The van der Waals surface area contributed by atoms with E-state index in [1.807, 2.05) is 11.4 Å². The molecule has 3 aromatic rings. The number of nitrogens with zero attached hydrogens (tertiary/aromatic N) is 2. The summed E-state index contributed by atoms with van der Waals surface area (Å²) in [5.41, 5.74) is 1.40. The Hall–Kier alpha value is -1.93. The average molecular weight is 353 g/mol. The maximum atomic E-state index is 10.7. The Bertz CT molecular complexity index is 783. The van der Waals surface area contributed by atoms with Crippen molar-refractivity contribution in [3.05, 3.63) is 49.1 Å². The van der Waals surface area contributed by atoms with Crippen molar-refractivity contribution in [1.82, 2.24) is 9.97 Å². The number of aromatic nitrogens is 2. The van der Waals surface area contributed by atoms with Gasteiger partial charge in [-0.1, -0.05) is 0 Å². The van der Waals surface area contributed by atoms with Crippen molar-refractivity contribution in [2.75, 3.05) is 5.32 Å². The second-order valence-electron chi connectivity index (χ2n) is 4.13. The van der Waals surface area contributed by atoms with E-state index in [4.69, 9.17) is 0 Å². The number of benzene rings is 1. The normalized spacial score (nSPS) is 10.8. The zero-order chi connectivity index (χ0) is 14.1. The molecule has 0 atom stereocenters. The number of imidazole rings is 1. The van der Waals surface area contributed by atoms with Crippen molar-refractivity contribution in [2.45, 2.75) is 6.54 Å². The predicted molar refractivity (Wildman–Crippen MR) is 82.1 cm³/mol. The van der Waals surface area contributed by atoms with Gasteiger partial charge in [0.1, 0.15) is 0 Å². The lowest BCUT2D eigenvalue weighted by molar-refractivity contribution is -0.384. The minimum Gasteiger partial charge on any atom is -0.351 e. The molecule has 0 aliphatic heterocycles. The Morgan fingerprint density at radius 1 is 1.45 bits per heavy atom. The van der Waals surface area contributed by atoms with Crippen LogP contribution in [0.4, 0.5) is 11.6 Å². The van der Waals surface area contributed by atoms with Crippen LogP contribution in [0, 0.1) is 10.1 Å². The van der Waals surface area contributed by atoms with Crippen molar-refractivity contribution in [3.63, 3.8) is 0 Å². The Kier molecular flexibility index (Phi) is 3.41. The van der Waals surface area contributed by atoms with Gasteiger partial charge in [-0.2, -0.15) is 0 Å². The highest BCUT2D eigenvalue weighted by molar-refractivity contribution is 9.10. The van der Waals surface area contributed by atoms with Crippen LogP contribution in [0.5, 0.6) is 0 Å². The van der Waals surface area contributed by atoms with E-state index in [-0.39, 0.29) is 5.69 Å². The highest BCUT2D eigenvalue weighted by Crippen LogP contribution is 2.22. The maximum absolute atomic E-state index is 10.7. The fraction of sp³-hybridized carbons (Fsp3) is 0.0833. The van der Waals surface area contributed by atoms with Gasteiger partial charge in [-0.05, 0) is 28.1 Å². The molecule has 0 aliphatic rings. The first-order chi connectivity index (χ1) is 9.61. The number of hydrogen-bond acceptors (Lipinski definition) is 5. The largest absolute Gasteiger partial charge is 0.351 e. The number of thiophene rings is 1. The highest BCUT2D eigenvalue weighted by Gasteiger charge is 2.09. The van der Waals surface area contributed by atoms with Crippen LogP contribution in [0.25, 0.3) is 11.0 Å². The number of hydrogen-bond donors (Lipinski definition) is 2. The van der Waals surface area contributed by atoms with Gasteiger partial charge in [-0.15, -0.1) is 11.3 Å². The summed E-state index contributed by atoms with van der Waals surface area (Å²) < 4.78 is 1.06. The molecule has 6 nitrogen and oxygen atoms in total. The summed E-state index contributed by atoms with van der Waals surface area (Å²) in [6.45, 7) is 0.651. The summed E-state index contributed by atoms with van der Waals surface area (Å²) in [6.07, 6.45) is 0. The number of non-ortho nitro benzene ring substituents is 1. The van der Waals surface area contributed by atoms with Gasteiger partial charge in [-0.3, -0.25) is 10.1 Å². The number of anilines is 1. The van der Waals surface area contributed by atoms with E-state index in [9.17, 15) is 10.1 Å². The number of nitro groups is 1. The van der Waals surface area contributed by atoms with E-state index < -0.39 is 4.92 Å². The maximum Gasteiger partial charge on any atom is 0.271 e. The lowest BCUT2D eigenvalue weighted by Crippen LogP contribution is -1.98. The Balaban J connectivity index is 1.80. The van der Waals surface area contributed by atoms with Crippen LogP contribution in [0.3, 0.4) is 0 Å². The van der Waals surface area contributed by atoms with Gasteiger partial charge in [0.2, 0.25) is 5.95 Å². The van der Waals surface area contributed by atoms with Crippen LogP contribution >= 0.6 is 27.3 Å². The molecule has 0 saturated heterocycles. The van der Waals surface area contributed by atoms with Crippen LogP contribution in [-0.2, 0) is 6.54 Å². The van der Waals surface area contributed by atoms with Crippen molar-refractivity contribution >= 4 is 49.9 Å². The Morgan fingerprint density at radius 3 is 3.00 bits per heavy atom. The van der Waals surface area contributed by atoms with Gasteiger partial charge in [0.05, 0.1) is 22.5 Å². The summed E-state index contributed by atoms with van der Waals surface area (Å²) in [6, 6.07) is 6.60. The van der Waals surface area contributed by atoms with Gasteiger partial charge < -0.3 is 10.3 Å². The predicted octanol–water partition coefficient (Wildman–Crippen LogP) is 3.91. The molecule has 1 aromatic carbocycles. The van der Waals surface area contributed by atoms with Crippen molar-refractivity contribution in [2.24, 2.45) is 0 Å². The average Bonchev–Trinajstić information content (AvgIpc) is 3.00. The molecule has 0 unspecified atom stereocenters. The molecule has 3 rings (SSSR count). The highest BCUT2D eigenvalue weighted by atomic mass is 79.9. The fourth-order valence-electron chi connectivity index (χ4n) is 1.81. The smallest absolute Gasteiger partial charge is 0.271 e. The molecule has 2 heterocycles. The summed E-state index contributed by atoms with van der Waals surface area (Å²) >= 11 is 5.05. The van der Waals surface area contributed by atoms with Gasteiger partial charge in [0.25, 0.3) is 5.69 Å². The summed E-state index contributed by atoms with van der Waals surface area (Å²) in [7, 11) is 0. The van der Waals surface area contributed by atoms with Crippen LogP contribution in [0.2, 0.25) is 0 Å². The zero-order valence-corrected chi connectivity index (χ0v) is 12.5. The molecule has 2 N–H and O–H groups in total. The minimum absolute atomic E-state index is 0.0508. The third kappa shape index (κ3) is 2.66. The molecular weight excluding hydrogens is 344 g/mol. The third-order valence-electron chi connectivity index (χ3n) is 2.73. The van der Waals surface area contributed by atoms with E-state index in [1.54, 1.807) is 17.4 Å². The molecule has 0 aliphatic carbocycles. The summed E-state index contributed by atoms with van der Waals surface area (Å²) in [5, 5.41) is 15.9. The molecule has 2 aromatic heterocycles. The second-order valence-corrected chi connectivity index (χ2v) is 6.04. The second kappa shape index (κ2) is 5.22. The van der Waals surface area contributed by atoms with Gasteiger partial charge >= 0.3 is 0 Å². The number of H-pyrrole nitrogens is 1. The summed E-state index contributed by atoms with van der Waals surface area (Å²) in [5.74, 6) is 0.602. The van der Waals surface area contributed by atoms with Crippen molar-refractivity contribution < 1.29 is 4.92 Å². The number of fused-ring (bicyclic) bond motifs is 1. The monoisotopic (exact) mass is 352 g/mol. The number of nitrogens with one attached hydrogen (secondary N) is 2. The standard InChI is InChI=1S/C12H9BrN4O2S/c13-7-3-9(20-6-7)5-14-12-15-10-2-1-8(17(18)19)4-11(10)16-12/h1-4,6H,5H2,(H2,14,15,16). The molecule has 0 fully saturated rings. The molecule has 0 bridgehead atoms. The lowest BCUT2D eigenvalue weighted by atomic mass is 10.3. The molecule has 0 amide bonds. The van der Waals surface area contributed by atoms with Crippen molar-refractivity contribution in [3.8, 4) is 0 Å². The van der Waals surface area contributed by atoms with E-state index in [0.717, 1.165) is 4.47 Å². The van der Waals surface area contributed by atoms with E-state index in [2.05, 4.69) is 31.2 Å². The van der Waals surface area contributed by atoms with E-state index in [1.165, 1.54) is 17.0 Å². The molecular formula is C12H9BrN4O2S. The van der Waals surface area contributed by atoms with Crippen LogP contribution in [0.1, 0.15) is 4.88 Å². The quantitative estimate of drug-likeness (QED) is 0.550. The topological polar surface area (TPSA) is 83.8 Å². The van der Waals surface area contributed by atoms with Crippen LogP contribution in [-0.4, -0.2) is 14.9 Å².